The molecule has 324 valence electrons. The molecule has 0 radical (unpaired) electrons. The number of nitrogens with two attached hydrogens (primary N) is 1. The Morgan fingerprint density at radius 3 is 2.35 bits per heavy atom. The number of hydrazone groups is 1. The van der Waals surface area contributed by atoms with Crippen LogP contribution in [0.3, 0.4) is 0 Å². The minimum atomic E-state index is -3.10. The van der Waals surface area contributed by atoms with Crippen molar-refractivity contribution in [1.82, 2.24) is 19.8 Å². The lowest BCUT2D eigenvalue weighted by molar-refractivity contribution is -0.139. The zero-order valence-electron chi connectivity index (χ0n) is 31.9. The van der Waals surface area contributed by atoms with Gasteiger partial charge in [-0.1, -0.05) is 11.6 Å². The average molecular weight is 919 g/mol. The van der Waals surface area contributed by atoms with Crippen molar-refractivity contribution < 1.29 is 56.8 Å². The number of anilines is 1. The predicted octanol–water partition coefficient (Wildman–Crippen LogP) is 5.09. The van der Waals surface area contributed by atoms with E-state index in [1.807, 2.05) is 0 Å². The molecule has 1 aliphatic rings. The van der Waals surface area contributed by atoms with E-state index in [0.717, 1.165) is 54.1 Å². The van der Waals surface area contributed by atoms with Crippen LogP contribution in [-0.4, -0.2) is 90.8 Å². The lowest BCUT2D eigenvalue weighted by Crippen LogP contribution is -2.31. The summed E-state index contributed by atoms with van der Waals surface area (Å²) in [5, 5.41) is 23.5. The highest BCUT2D eigenvalue weighted by atomic mass is 35.5. The van der Waals surface area contributed by atoms with Crippen molar-refractivity contribution in [3.8, 4) is 0 Å². The van der Waals surface area contributed by atoms with Crippen LogP contribution in [0.25, 0.3) is 0 Å². The van der Waals surface area contributed by atoms with Crippen LogP contribution in [0.1, 0.15) is 42.2 Å². The number of thioether (sulfide) groups is 1. The molecule has 0 saturated carbocycles. The van der Waals surface area contributed by atoms with Crippen LogP contribution < -0.4 is 26.2 Å². The summed E-state index contributed by atoms with van der Waals surface area (Å²) in [4.78, 5) is 74.1. The number of pyridine rings is 1. The lowest BCUT2D eigenvalue weighted by Gasteiger charge is -2.15. The first-order valence-electron chi connectivity index (χ1n) is 17.3. The van der Waals surface area contributed by atoms with E-state index < -0.39 is 54.8 Å². The number of aromatic nitrogens is 3. The highest BCUT2D eigenvalue weighted by molar-refractivity contribution is 8.00. The monoisotopic (exact) mass is 918 g/mol. The molecule has 1 aliphatic heterocycles. The Bertz CT molecular complexity index is 2410. The van der Waals surface area contributed by atoms with Crippen LogP contribution in [0.15, 0.2) is 68.4 Å². The van der Waals surface area contributed by atoms with Gasteiger partial charge in [0.1, 0.15) is 34.9 Å². The van der Waals surface area contributed by atoms with Crippen molar-refractivity contribution >= 4 is 83.1 Å². The molecule has 0 aliphatic carbocycles. The van der Waals surface area contributed by atoms with Crippen molar-refractivity contribution in [3.63, 3.8) is 0 Å². The Hall–Kier alpha value is -5.32. The third-order valence-corrected chi connectivity index (χ3v) is 11.1. The van der Waals surface area contributed by atoms with Crippen LogP contribution in [-0.2, 0) is 32.0 Å². The molecule has 0 spiro atoms. The molecule has 2 atom stereocenters. The van der Waals surface area contributed by atoms with Gasteiger partial charge in [-0.3, -0.25) is 28.6 Å². The number of esters is 1. The maximum absolute atomic E-state index is 14.3. The topological polar surface area (TPSA) is 270 Å². The number of carbonyl (C=O) groups excluding carboxylic acids is 2. The lowest BCUT2D eigenvalue weighted by atomic mass is 10.1. The molecule has 60 heavy (non-hydrogen) atoms. The molecule has 0 bridgehead atoms. The quantitative estimate of drug-likeness (QED) is 0.0356. The van der Waals surface area contributed by atoms with Crippen molar-refractivity contribution in [2.24, 2.45) is 15.8 Å². The molecule has 3 heterocycles. The number of nitrogens with zero attached hydrogens (tertiary/aromatic N) is 5. The average Bonchev–Trinajstić information content (AvgIpc) is 3.50. The number of methoxy groups -OCH3 is 1. The summed E-state index contributed by atoms with van der Waals surface area (Å²) < 4.78 is 59.0. The van der Waals surface area contributed by atoms with E-state index in [4.69, 9.17) is 32.4 Å². The number of benzene rings is 2. The smallest absolute Gasteiger partial charge is 0.339 e. The maximum atomic E-state index is 14.3. The van der Waals surface area contributed by atoms with Crippen molar-refractivity contribution in [2.75, 3.05) is 31.0 Å². The minimum Gasteiger partial charge on any atom is -0.480 e. The molecule has 7 N–H and O–H groups in total. The number of carboxylic acids is 2. The normalized spacial score (nSPS) is 13.9. The fourth-order valence-electron chi connectivity index (χ4n) is 4.77. The Labute approximate surface area is 352 Å². The Morgan fingerprint density at radius 2 is 1.75 bits per heavy atom. The highest BCUT2D eigenvalue weighted by Gasteiger charge is 2.18. The summed E-state index contributed by atoms with van der Waals surface area (Å²) in [5.74, 6) is -4.94. The van der Waals surface area contributed by atoms with E-state index >= 15 is 0 Å². The molecule has 2 amide bonds. The number of fused-ring (bicyclic) bond motifs is 1. The number of ether oxygens (including phenoxy) is 1. The number of carboxylic acid groups (broad SMARTS) is 2. The van der Waals surface area contributed by atoms with Crippen LogP contribution in [0.2, 0.25) is 5.02 Å². The number of hydrogen-bond donors (Lipinski definition) is 6. The minimum absolute atomic E-state index is 0.0412. The standard InChI is InChI=1S/C15H15ClFN3O3S2.C15H12F2N4O3.C5H12NO4P/c1-23-13(21)8-24-12-7-11(10(17)6-9(12)16)18-14-19-4-2-3-5-20(19)15(22)25-14;1-8(13-12(14(22)23)3-2-4-18-13)20-21-15(24)19-11-6-9(16)5-10(17)7-11;1-11(9,10)3-2-4(6)5(7)8/h6-7H,2-5,8H2,1H3;2-7H,1H3,(H,22,23)(H2,19,21,24);4H,2-3,6H2,1H3,(H,7,8)(H,9,10)/b;20-8+;. The van der Waals surface area contributed by atoms with Crippen molar-refractivity contribution in [2.45, 2.75) is 50.2 Å². The molecular weight excluding hydrogens is 880 g/mol. The number of nitrogens with one attached hydrogen (secondary N) is 2. The Balaban J connectivity index is 0.000000259. The summed E-state index contributed by atoms with van der Waals surface area (Å²) in [6.45, 7) is 3.96. The summed E-state index contributed by atoms with van der Waals surface area (Å²) >= 11 is 8.17. The molecule has 4 aromatic rings. The second-order valence-corrected chi connectivity index (χ2v) is 17.3. The first-order valence-corrected chi connectivity index (χ1v) is 21.7. The van der Waals surface area contributed by atoms with E-state index in [0.29, 0.717) is 28.9 Å². The van der Waals surface area contributed by atoms with E-state index in [1.54, 1.807) is 9.36 Å². The first-order chi connectivity index (χ1) is 28.2. The number of aromatic carboxylic acids is 1. The highest BCUT2D eigenvalue weighted by Crippen LogP contribution is 2.36. The Morgan fingerprint density at radius 1 is 1.10 bits per heavy atom. The number of halogens is 4. The zero-order valence-corrected chi connectivity index (χ0v) is 35.2. The van der Waals surface area contributed by atoms with Crippen LogP contribution in [0, 0.1) is 17.5 Å². The second kappa shape index (κ2) is 22.9. The van der Waals surface area contributed by atoms with Gasteiger partial charge in [-0.15, -0.1) is 11.8 Å². The molecule has 25 heteroatoms. The van der Waals surface area contributed by atoms with Gasteiger partial charge < -0.3 is 30.9 Å². The van der Waals surface area contributed by atoms with Gasteiger partial charge in [-0.05, 0) is 73.9 Å². The van der Waals surface area contributed by atoms with Crippen LogP contribution in [0.5, 0.6) is 0 Å². The molecule has 2 aromatic heterocycles. The number of carbonyl (C=O) groups is 4. The van der Waals surface area contributed by atoms with Gasteiger partial charge in [0.05, 0.1) is 29.2 Å². The van der Waals surface area contributed by atoms with Crippen LogP contribution >= 0.6 is 42.1 Å². The fraction of sp³-hybridized carbons (Fsp3) is 0.314. The van der Waals surface area contributed by atoms with E-state index in [-0.39, 0.29) is 56.6 Å². The fourth-order valence-corrected chi connectivity index (χ4v) is 7.52. The zero-order chi connectivity index (χ0) is 44.7. The van der Waals surface area contributed by atoms with E-state index in [2.05, 4.69) is 30.6 Å². The van der Waals surface area contributed by atoms with Gasteiger partial charge in [0.2, 0.25) is 4.80 Å². The molecule has 2 unspecified atom stereocenters. The van der Waals surface area contributed by atoms with Crippen molar-refractivity contribution in [3.05, 3.63) is 96.9 Å². The van der Waals surface area contributed by atoms with Gasteiger partial charge in [-0.2, -0.15) is 5.10 Å². The third-order valence-electron chi connectivity index (χ3n) is 7.68. The summed E-state index contributed by atoms with van der Waals surface area (Å²) in [7, 11) is -1.81. The van der Waals surface area contributed by atoms with E-state index in [1.165, 1.54) is 45.1 Å². The molecule has 18 nitrogen and oxygen atoms in total. The van der Waals surface area contributed by atoms with Crippen LogP contribution in [0.4, 0.5) is 29.3 Å². The van der Waals surface area contributed by atoms with Gasteiger partial charge in [0.15, 0.2) is 7.37 Å². The molecule has 0 saturated heterocycles. The maximum Gasteiger partial charge on any atom is 0.339 e. The second-order valence-electron chi connectivity index (χ2n) is 12.4. The predicted molar refractivity (Wildman–Crippen MR) is 218 cm³/mol. The number of rotatable bonds is 12. The van der Waals surface area contributed by atoms with Gasteiger partial charge >= 0.3 is 28.8 Å². The van der Waals surface area contributed by atoms with Gasteiger partial charge in [0.25, 0.3) is 0 Å². The Kier molecular flexibility index (Phi) is 18.7. The largest absolute Gasteiger partial charge is 0.480 e. The molecular formula is C35H39ClF3N8O10PS2. The summed E-state index contributed by atoms with van der Waals surface area (Å²) in [6, 6.07) is 6.09. The third kappa shape index (κ3) is 15.7. The summed E-state index contributed by atoms with van der Waals surface area (Å²) in [5.41, 5.74) is 7.33. The number of urea groups is 1. The molecule has 2 aromatic carbocycles. The van der Waals surface area contributed by atoms with Gasteiger partial charge in [0, 0.05) is 48.8 Å². The molecule has 5 rings (SSSR count). The SMILES string of the molecule is C/C(=N\NC(=O)Nc1cc(F)cc(F)c1)c1ncccc1C(=O)O.COC(=O)CSc1cc(N=c2sc(=O)n3n2CCCC3)c(F)cc1Cl.CP(=O)(O)CCC(N)C(=O)O. The van der Waals surface area contributed by atoms with Gasteiger partial charge in [-0.25, -0.2) is 37.9 Å². The first kappa shape index (κ1) is 49.0. The molecule has 0 fully saturated rings. The summed E-state index contributed by atoms with van der Waals surface area (Å²) in [6.07, 6.45) is 3.28. The number of aliphatic carboxylic acids is 1. The van der Waals surface area contributed by atoms with Crippen molar-refractivity contribution in [1.29, 1.82) is 0 Å². The number of hydrogen-bond acceptors (Lipinski definition) is 13. The number of amides is 2. The van der Waals surface area contributed by atoms with E-state index in [9.17, 15) is 41.7 Å².